The standard InChI is InChI=1S/C30H50O5/c1-19(2)20-11-16-28(7)23(26(20,5)14-13-24(31)32)10-9-21-22(12-15-27(21,28)6)29(8)17-18-30(34,35-29)25(3,4)33/h20-23,33-34H,1,9-18H2,2-8H3,(H,31,32)/t20?,21?,22?,23?,26-,27+,28+,29-,30?/m0/s1. The van der Waals surface area contributed by atoms with E-state index in [0.29, 0.717) is 36.5 Å². The van der Waals surface area contributed by atoms with Crippen LogP contribution in [0.5, 0.6) is 0 Å². The minimum Gasteiger partial charge on any atom is -0.481 e. The summed E-state index contributed by atoms with van der Waals surface area (Å²) in [5.74, 6) is -0.513. The van der Waals surface area contributed by atoms with Gasteiger partial charge in [0.2, 0.25) is 0 Å². The Bertz CT molecular complexity index is 876. The molecule has 4 aliphatic rings. The third kappa shape index (κ3) is 3.85. The Morgan fingerprint density at radius 3 is 2.14 bits per heavy atom. The smallest absolute Gasteiger partial charge is 0.303 e. The molecule has 5 heteroatoms. The van der Waals surface area contributed by atoms with E-state index in [1.807, 2.05) is 0 Å². The summed E-state index contributed by atoms with van der Waals surface area (Å²) in [5, 5.41) is 31.3. The molecule has 0 amide bonds. The second kappa shape index (κ2) is 8.30. The molecule has 0 bridgehead atoms. The molecule has 9 atom stereocenters. The zero-order chi connectivity index (χ0) is 26.2. The van der Waals surface area contributed by atoms with Crippen LogP contribution in [0, 0.1) is 39.9 Å². The molecule has 1 saturated heterocycles. The number of carbonyl (C=O) groups is 1. The first-order valence-electron chi connectivity index (χ1n) is 14.0. The van der Waals surface area contributed by atoms with E-state index >= 15 is 0 Å². The van der Waals surface area contributed by atoms with Crippen LogP contribution in [0.25, 0.3) is 0 Å². The quantitative estimate of drug-likeness (QED) is 0.379. The predicted molar refractivity (Wildman–Crippen MR) is 138 cm³/mol. The molecule has 0 spiro atoms. The maximum Gasteiger partial charge on any atom is 0.303 e. The summed E-state index contributed by atoms with van der Waals surface area (Å²) < 4.78 is 6.43. The van der Waals surface area contributed by atoms with Gasteiger partial charge in [-0.25, -0.2) is 0 Å². The average molecular weight is 491 g/mol. The van der Waals surface area contributed by atoms with Crippen molar-refractivity contribution in [2.75, 3.05) is 0 Å². The van der Waals surface area contributed by atoms with Gasteiger partial charge in [0.15, 0.2) is 5.79 Å². The number of aliphatic carboxylic acids is 1. The highest BCUT2D eigenvalue weighted by Crippen LogP contribution is 2.74. The molecular formula is C30H50O5. The fourth-order valence-electron chi connectivity index (χ4n) is 9.97. The van der Waals surface area contributed by atoms with E-state index in [1.54, 1.807) is 13.8 Å². The van der Waals surface area contributed by atoms with Crippen molar-refractivity contribution in [1.29, 1.82) is 0 Å². The van der Waals surface area contributed by atoms with Gasteiger partial charge in [0, 0.05) is 12.8 Å². The lowest BCUT2D eigenvalue weighted by Crippen LogP contribution is -2.60. The van der Waals surface area contributed by atoms with Crippen LogP contribution in [0.3, 0.4) is 0 Å². The number of fused-ring (bicyclic) bond motifs is 3. The third-order valence-corrected chi connectivity index (χ3v) is 12.2. The maximum absolute atomic E-state index is 11.6. The Hall–Kier alpha value is -0.910. The minimum atomic E-state index is -1.50. The number of aliphatic hydroxyl groups is 2. The van der Waals surface area contributed by atoms with Gasteiger partial charge in [-0.15, -0.1) is 0 Å². The van der Waals surface area contributed by atoms with Crippen LogP contribution in [-0.4, -0.2) is 38.3 Å². The molecule has 0 aromatic rings. The van der Waals surface area contributed by atoms with E-state index in [1.165, 1.54) is 5.57 Å². The number of ether oxygens (including phenoxy) is 1. The average Bonchev–Trinajstić information content (AvgIpc) is 3.25. The third-order valence-electron chi connectivity index (χ3n) is 12.2. The normalized spacial score (nSPS) is 50.0. The van der Waals surface area contributed by atoms with Crippen molar-refractivity contribution in [2.24, 2.45) is 39.9 Å². The Kier molecular flexibility index (Phi) is 6.43. The van der Waals surface area contributed by atoms with Crippen LogP contribution in [0.15, 0.2) is 12.2 Å². The van der Waals surface area contributed by atoms with Crippen molar-refractivity contribution in [3.05, 3.63) is 12.2 Å². The number of carboxylic acids is 1. The van der Waals surface area contributed by atoms with Gasteiger partial charge in [-0.2, -0.15) is 0 Å². The fraction of sp³-hybridized carbons (Fsp3) is 0.900. The lowest BCUT2D eigenvalue weighted by Gasteiger charge is -2.66. The van der Waals surface area contributed by atoms with Crippen molar-refractivity contribution in [1.82, 2.24) is 0 Å². The van der Waals surface area contributed by atoms with Crippen LogP contribution >= 0.6 is 0 Å². The Balaban J connectivity index is 1.66. The lowest BCUT2D eigenvalue weighted by molar-refractivity contribution is -0.305. The van der Waals surface area contributed by atoms with Crippen molar-refractivity contribution >= 4 is 5.97 Å². The van der Waals surface area contributed by atoms with Gasteiger partial charge < -0.3 is 20.1 Å². The minimum absolute atomic E-state index is 0.0573. The van der Waals surface area contributed by atoms with E-state index in [9.17, 15) is 20.1 Å². The first-order chi connectivity index (χ1) is 15.9. The molecule has 3 saturated carbocycles. The highest BCUT2D eigenvalue weighted by molar-refractivity contribution is 5.66. The maximum atomic E-state index is 11.6. The van der Waals surface area contributed by atoms with Crippen molar-refractivity contribution in [2.45, 2.75) is 130 Å². The van der Waals surface area contributed by atoms with Gasteiger partial charge in [-0.1, -0.05) is 32.9 Å². The van der Waals surface area contributed by atoms with Crippen molar-refractivity contribution < 1.29 is 24.9 Å². The molecule has 1 heterocycles. The first-order valence-corrected chi connectivity index (χ1v) is 14.0. The molecule has 0 radical (unpaired) electrons. The molecular weight excluding hydrogens is 440 g/mol. The summed E-state index contributed by atoms with van der Waals surface area (Å²) in [6, 6.07) is 0. The molecule has 5 unspecified atom stereocenters. The Morgan fingerprint density at radius 2 is 1.60 bits per heavy atom. The van der Waals surface area contributed by atoms with Crippen LogP contribution < -0.4 is 0 Å². The Labute approximate surface area is 212 Å². The molecule has 5 nitrogen and oxygen atoms in total. The molecule has 3 N–H and O–H groups in total. The summed E-state index contributed by atoms with van der Waals surface area (Å²) >= 11 is 0. The zero-order valence-corrected chi connectivity index (χ0v) is 23.2. The van der Waals surface area contributed by atoms with E-state index in [2.05, 4.69) is 41.2 Å². The van der Waals surface area contributed by atoms with Crippen LogP contribution in [0.1, 0.15) is 113 Å². The molecule has 4 rings (SSSR count). The number of hydrogen-bond acceptors (Lipinski definition) is 4. The van der Waals surface area contributed by atoms with Crippen LogP contribution in [0.2, 0.25) is 0 Å². The number of hydrogen-bond donors (Lipinski definition) is 3. The molecule has 0 aromatic carbocycles. The molecule has 1 aliphatic heterocycles. The fourth-order valence-corrected chi connectivity index (χ4v) is 9.97. The predicted octanol–water partition coefficient (Wildman–Crippen LogP) is 6.32. The Morgan fingerprint density at radius 1 is 0.971 bits per heavy atom. The number of rotatable bonds is 6. The van der Waals surface area contributed by atoms with Gasteiger partial charge in [-0.05, 0) is 119 Å². The van der Waals surface area contributed by atoms with E-state index in [-0.39, 0.29) is 22.7 Å². The molecule has 200 valence electrons. The van der Waals surface area contributed by atoms with E-state index in [0.717, 1.165) is 44.9 Å². The first kappa shape index (κ1) is 27.1. The van der Waals surface area contributed by atoms with Crippen LogP contribution in [-0.2, 0) is 9.53 Å². The second-order valence-electron chi connectivity index (χ2n) is 14.3. The van der Waals surface area contributed by atoms with Crippen molar-refractivity contribution in [3.8, 4) is 0 Å². The van der Waals surface area contributed by atoms with Gasteiger partial charge in [0.05, 0.1) is 5.60 Å². The van der Waals surface area contributed by atoms with E-state index in [4.69, 9.17) is 4.74 Å². The van der Waals surface area contributed by atoms with Gasteiger partial charge in [-0.3, -0.25) is 4.79 Å². The highest BCUT2D eigenvalue weighted by Gasteiger charge is 2.69. The SMILES string of the molecule is C=C(C)C1CC[C@]2(C)C(CCC3C([C@]4(C)CCC(O)(C(C)(C)O)O4)CC[C@]32C)[C@@]1(C)CCC(=O)O. The number of allylic oxidation sites excluding steroid dienone is 1. The lowest BCUT2D eigenvalue weighted by atomic mass is 9.38. The summed E-state index contributed by atoms with van der Waals surface area (Å²) in [4.78, 5) is 11.6. The topological polar surface area (TPSA) is 87.0 Å². The largest absolute Gasteiger partial charge is 0.481 e. The monoisotopic (exact) mass is 490 g/mol. The summed E-state index contributed by atoms with van der Waals surface area (Å²) in [5.41, 5.74) is -0.323. The second-order valence-corrected chi connectivity index (χ2v) is 14.3. The van der Waals surface area contributed by atoms with E-state index < -0.39 is 23.0 Å². The molecule has 3 aliphatic carbocycles. The van der Waals surface area contributed by atoms with Gasteiger partial charge in [0.25, 0.3) is 0 Å². The van der Waals surface area contributed by atoms with Gasteiger partial charge in [0.1, 0.15) is 5.60 Å². The summed E-state index contributed by atoms with van der Waals surface area (Å²) in [7, 11) is 0. The highest BCUT2D eigenvalue weighted by atomic mass is 16.7. The van der Waals surface area contributed by atoms with Gasteiger partial charge >= 0.3 is 5.97 Å². The zero-order valence-electron chi connectivity index (χ0n) is 23.2. The summed E-state index contributed by atoms with van der Waals surface area (Å²) in [6.07, 6.45) is 8.84. The molecule has 0 aromatic heterocycles. The summed E-state index contributed by atoms with van der Waals surface area (Å²) in [6.45, 7) is 19.3. The number of carboxylic acid groups (broad SMARTS) is 1. The van der Waals surface area contributed by atoms with Crippen molar-refractivity contribution in [3.63, 3.8) is 0 Å². The van der Waals surface area contributed by atoms with Crippen LogP contribution in [0.4, 0.5) is 0 Å². The molecule has 4 fully saturated rings. The molecule has 35 heavy (non-hydrogen) atoms.